The predicted octanol–water partition coefficient (Wildman–Crippen LogP) is -1.81. The molecular weight excluding hydrogens is 52.8 g/mol. The van der Waals surface area contributed by atoms with Crippen molar-refractivity contribution in [1.29, 1.82) is 0 Å². The summed E-state index contributed by atoms with van der Waals surface area (Å²) in [5.74, 6) is 0. The summed E-state index contributed by atoms with van der Waals surface area (Å²) in [5, 5.41) is 1.12. The minimum absolute atomic E-state index is 1.12. The van der Waals surface area contributed by atoms with Gasteiger partial charge in [0.1, 0.15) is 0 Å². The molecule has 2 nitrogen and oxygen atoms in total. The normalized spacial score (nSPS) is 7.50. The van der Waals surface area contributed by atoms with Gasteiger partial charge in [0.15, 0.2) is 0 Å². The molecule has 0 unspecified atom stereocenters. The fourth-order valence-corrected chi connectivity index (χ4v) is 0. The molecule has 0 atom stereocenters. The number of nitrogens with two attached hydrogens (primary N) is 1. The average molecular weight is 57.9 g/mol. The van der Waals surface area contributed by atoms with E-state index in [9.17, 15) is 0 Å². The summed E-state index contributed by atoms with van der Waals surface area (Å²) in [7, 11) is 6.18. The Hall–Kier alpha value is -0.0151. The van der Waals surface area contributed by atoms with Gasteiger partial charge in [-0.25, -0.2) is 0 Å². The topological polar surface area (TPSA) is 25.8 Å². The molecule has 4 heavy (non-hydrogen) atoms. The summed E-state index contributed by atoms with van der Waals surface area (Å²) in [6.45, 7) is 0. The largest absolute Gasteiger partial charge is 0.462 e. The third kappa shape index (κ3) is 1.98. The van der Waals surface area contributed by atoms with E-state index in [1.54, 1.807) is 0 Å². The zero-order chi connectivity index (χ0) is 3.41. The molecule has 0 saturated heterocycles. The van der Waals surface area contributed by atoms with Crippen LogP contribution in [0.2, 0.25) is 0 Å². The molecule has 0 aliphatic carbocycles. The van der Waals surface area contributed by atoms with Crippen LogP contribution >= 0.6 is 0 Å². The molecule has 3 heteroatoms. The number of rotatable bonds is 1. The molecule has 0 fully saturated rings. The molecule has 0 rings (SSSR count). The van der Waals surface area contributed by atoms with Crippen LogP contribution in [0, 0.1) is 0 Å². The Morgan fingerprint density at radius 3 is 2.25 bits per heavy atom. The lowest BCUT2D eigenvalue weighted by Crippen LogP contribution is -2.79. The van der Waals surface area contributed by atoms with E-state index >= 15 is 0 Å². The van der Waals surface area contributed by atoms with Gasteiger partial charge in [-0.2, -0.15) is 7.98 Å². The molecule has 3 radical (unpaired) electrons. The van der Waals surface area contributed by atoms with E-state index in [2.05, 4.69) is 12.8 Å². The molecule has 0 saturated carbocycles. The van der Waals surface area contributed by atoms with Gasteiger partial charge in [0.05, 0.1) is 7.11 Å². The first-order valence-corrected chi connectivity index (χ1v) is 0.977. The van der Waals surface area contributed by atoms with Crippen molar-refractivity contribution in [2.24, 2.45) is 0 Å². The first-order valence-electron chi connectivity index (χ1n) is 0.977. The summed E-state index contributed by atoms with van der Waals surface area (Å²) in [4.78, 5) is 4.19. The molecule has 0 bridgehead atoms. The van der Waals surface area contributed by atoms with Crippen LogP contribution in [0.4, 0.5) is 0 Å². The fraction of sp³-hybridized carbons (Fsp3) is 1.00. The van der Waals surface area contributed by atoms with Crippen molar-refractivity contribution in [2.75, 3.05) is 7.11 Å². The zero-order valence-electron chi connectivity index (χ0n) is 2.56. The van der Waals surface area contributed by atoms with E-state index < -0.39 is 0 Å². The van der Waals surface area contributed by atoms with Crippen LogP contribution in [-0.4, -0.2) is 15.1 Å². The second-order valence-electron chi connectivity index (χ2n) is 0.372. The van der Waals surface area contributed by atoms with Crippen molar-refractivity contribution in [3.63, 3.8) is 0 Å². The van der Waals surface area contributed by atoms with Crippen LogP contribution in [0.25, 0.3) is 0 Å². The maximum absolute atomic E-state index is 4.68. The Kier molecular flexibility index (Phi) is 2.97. The minimum atomic E-state index is 1.12. The summed E-state index contributed by atoms with van der Waals surface area (Å²) in [5.41, 5.74) is 0. The number of hydrogen-bond donors (Lipinski definition) is 1. The molecule has 0 aliphatic rings. The van der Waals surface area contributed by atoms with Crippen LogP contribution in [0.1, 0.15) is 0 Å². The lowest BCUT2D eigenvalue weighted by molar-refractivity contribution is -0.783. The van der Waals surface area contributed by atoms with E-state index in [1.165, 1.54) is 7.11 Å². The monoisotopic (exact) mass is 58.0 g/mol. The second-order valence-corrected chi connectivity index (χ2v) is 0.372. The molecule has 0 aromatic rings. The predicted molar refractivity (Wildman–Crippen MR) is 14.7 cm³/mol. The Morgan fingerprint density at radius 1 is 2.00 bits per heavy atom. The highest BCUT2D eigenvalue weighted by Gasteiger charge is 1.37. The first kappa shape index (κ1) is 3.98. The van der Waals surface area contributed by atoms with Gasteiger partial charge in [-0.3, -0.25) is 4.84 Å². The second kappa shape index (κ2) is 2.98. The van der Waals surface area contributed by atoms with E-state index in [-0.39, 0.29) is 0 Å². The lowest BCUT2D eigenvalue weighted by Gasteiger charge is -1.91. The van der Waals surface area contributed by atoms with Crippen molar-refractivity contribution in [2.45, 2.75) is 0 Å². The zero-order valence-corrected chi connectivity index (χ0v) is 2.56. The molecular formula is CH5BNO. The van der Waals surface area contributed by atoms with Crippen molar-refractivity contribution in [3.8, 4) is 0 Å². The van der Waals surface area contributed by atoms with Gasteiger partial charge in [0.25, 0.3) is 0 Å². The Morgan fingerprint density at radius 2 is 2.25 bits per heavy atom. The van der Waals surface area contributed by atoms with Crippen LogP contribution in [-0.2, 0) is 4.84 Å². The smallest absolute Gasteiger partial charge is 0.0891 e. The highest BCUT2D eigenvalue weighted by atomic mass is 16.6. The van der Waals surface area contributed by atoms with Gasteiger partial charge >= 0.3 is 0 Å². The Bertz CT molecular complexity index is 10.0. The van der Waals surface area contributed by atoms with Crippen molar-refractivity contribution in [3.05, 3.63) is 0 Å². The number of hydrogen-bond acceptors (Lipinski definition) is 1. The third-order valence-electron chi connectivity index (χ3n) is 0.136. The minimum Gasteiger partial charge on any atom is -0.462 e. The highest BCUT2D eigenvalue weighted by molar-refractivity contribution is 5.93. The molecule has 0 spiro atoms. The van der Waals surface area contributed by atoms with Gasteiger partial charge in [-0.15, -0.1) is 0 Å². The lowest BCUT2D eigenvalue weighted by atomic mass is 10.5. The van der Waals surface area contributed by atoms with Gasteiger partial charge < -0.3 is 5.39 Å². The first-order chi connectivity index (χ1) is 1.91. The molecule has 0 aliphatic heterocycles. The van der Waals surface area contributed by atoms with E-state index in [0.717, 1.165) is 5.39 Å². The van der Waals surface area contributed by atoms with E-state index in [1.807, 2.05) is 0 Å². The van der Waals surface area contributed by atoms with Crippen molar-refractivity contribution in [1.82, 2.24) is 0 Å². The molecule has 2 N–H and O–H groups in total. The fourth-order valence-electron chi connectivity index (χ4n) is 0. The Labute approximate surface area is 26.5 Å². The van der Waals surface area contributed by atoms with E-state index in [4.69, 9.17) is 0 Å². The van der Waals surface area contributed by atoms with E-state index in [0.29, 0.717) is 0 Å². The molecule has 0 aromatic carbocycles. The van der Waals surface area contributed by atoms with Gasteiger partial charge in [-0.1, -0.05) is 0 Å². The van der Waals surface area contributed by atoms with Gasteiger partial charge in [0.2, 0.25) is 0 Å². The summed E-state index contributed by atoms with van der Waals surface area (Å²) in [6, 6.07) is 0. The highest BCUT2D eigenvalue weighted by Crippen LogP contribution is 1.11. The average Bonchev–Trinajstić information content (AvgIpc) is 1.37. The molecule has 23 valence electrons. The molecule has 0 heterocycles. The standard InChI is InChI=1S/CH5BNO/c1-4-3-2/h3H2,1H3. The number of quaternary nitrogens is 1. The maximum atomic E-state index is 4.68. The molecule has 0 aromatic heterocycles. The third-order valence-corrected chi connectivity index (χ3v) is 0.136. The Balaban J connectivity index is 1.97. The van der Waals surface area contributed by atoms with Gasteiger partial charge in [0, 0.05) is 0 Å². The summed E-state index contributed by atoms with van der Waals surface area (Å²) < 4.78 is 0. The van der Waals surface area contributed by atoms with Crippen LogP contribution < -0.4 is 5.39 Å². The maximum Gasteiger partial charge on any atom is 0.0891 e. The van der Waals surface area contributed by atoms with Crippen LogP contribution in [0.15, 0.2) is 0 Å². The SMILES string of the molecule is [B-][NH2+]OC. The van der Waals surface area contributed by atoms with Crippen molar-refractivity contribution >= 4 is 7.98 Å². The molecule has 0 amide bonds. The quantitative estimate of drug-likeness (QED) is 0.279. The van der Waals surface area contributed by atoms with Crippen molar-refractivity contribution < 1.29 is 10.2 Å². The van der Waals surface area contributed by atoms with Gasteiger partial charge in [-0.05, 0) is 0 Å². The summed E-state index contributed by atoms with van der Waals surface area (Å²) in [6.07, 6.45) is 0. The van der Waals surface area contributed by atoms with Crippen LogP contribution in [0.5, 0.6) is 0 Å². The van der Waals surface area contributed by atoms with Crippen LogP contribution in [0.3, 0.4) is 0 Å². The summed E-state index contributed by atoms with van der Waals surface area (Å²) >= 11 is 0.